The first-order chi connectivity index (χ1) is 8.42. The Morgan fingerprint density at radius 3 is 2.44 bits per heavy atom. The molecule has 4 nitrogen and oxygen atoms in total. The maximum absolute atomic E-state index is 11.7. The summed E-state index contributed by atoms with van der Waals surface area (Å²) in [6.45, 7) is 5.53. The summed E-state index contributed by atoms with van der Waals surface area (Å²) in [6.07, 6.45) is 0. The maximum atomic E-state index is 11.7. The van der Waals surface area contributed by atoms with Crippen LogP contribution in [0.2, 0.25) is 0 Å². The average molecular weight is 251 g/mol. The monoisotopic (exact) mass is 251 g/mol. The average Bonchev–Trinajstić information content (AvgIpc) is 2.33. The summed E-state index contributed by atoms with van der Waals surface area (Å²) in [7, 11) is 0. The van der Waals surface area contributed by atoms with Gasteiger partial charge in [0.05, 0.1) is 18.2 Å². The molecule has 0 aliphatic carbocycles. The molecule has 1 aromatic carbocycles. The van der Waals surface area contributed by atoms with E-state index in [1.165, 1.54) is 0 Å². The highest BCUT2D eigenvalue weighted by Gasteiger charge is 2.16. The maximum Gasteiger partial charge on any atom is 0.246 e. The Bertz CT molecular complexity index is 370. The molecule has 0 aliphatic heterocycles. The number of benzene rings is 1. The van der Waals surface area contributed by atoms with Crippen LogP contribution in [-0.2, 0) is 9.53 Å². The molecule has 1 aromatic rings. The number of carbonyl (C=O) groups is 1. The highest BCUT2D eigenvalue weighted by atomic mass is 16.5. The fourth-order valence-electron chi connectivity index (χ4n) is 1.44. The summed E-state index contributed by atoms with van der Waals surface area (Å²) in [5, 5.41) is 12.0. The molecule has 1 amide bonds. The second-order valence-electron chi connectivity index (χ2n) is 5.11. The molecule has 0 fully saturated rings. The molecule has 0 saturated heterocycles. The molecule has 1 rings (SSSR count). The van der Waals surface area contributed by atoms with E-state index in [4.69, 9.17) is 4.74 Å². The molecule has 0 heterocycles. The summed E-state index contributed by atoms with van der Waals surface area (Å²) in [5.41, 5.74) is 0.530. The Labute approximate surface area is 108 Å². The van der Waals surface area contributed by atoms with E-state index in [1.807, 2.05) is 51.1 Å². The first kappa shape index (κ1) is 14.7. The van der Waals surface area contributed by atoms with Crippen LogP contribution in [0.25, 0.3) is 0 Å². The third-order valence-corrected chi connectivity index (χ3v) is 2.36. The van der Waals surface area contributed by atoms with Crippen molar-refractivity contribution in [2.75, 3.05) is 13.2 Å². The first-order valence-corrected chi connectivity index (χ1v) is 6.01. The summed E-state index contributed by atoms with van der Waals surface area (Å²) >= 11 is 0. The fraction of sp³-hybridized carbons (Fsp3) is 0.500. The van der Waals surface area contributed by atoms with Crippen LogP contribution in [0.15, 0.2) is 30.3 Å². The van der Waals surface area contributed by atoms with E-state index in [1.54, 1.807) is 0 Å². The molecule has 0 spiro atoms. The van der Waals surface area contributed by atoms with E-state index >= 15 is 0 Å². The van der Waals surface area contributed by atoms with Crippen molar-refractivity contribution in [3.63, 3.8) is 0 Å². The highest BCUT2D eigenvalue weighted by molar-refractivity contribution is 5.77. The lowest BCUT2D eigenvalue weighted by molar-refractivity contribution is -0.131. The quantitative estimate of drug-likeness (QED) is 0.836. The van der Waals surface area contributed by atoms with Crippen molar-refractivity contribution in [2.45, 2.75) is 32.4 Å². The van der Waals surface area contributed by atoms with Gasteiger partial charge in [-0.2, -0.15) is 0 Å². The zero-order valence-corrected chi connectivity index (χ0v) is 11.1. The smallest absolute Gasteiger partial charge is 0.246 e. The molecule has 0 saturated carbocycles. The minimum Gasteiger partial charge on any atom is -0.394 e. The molecule has 1 unspecified atom stereocenters. The molecule has 1 atom stereocenters. The Hall–Kier alpha value is -1.39. The van der Waals surface area contributed by atoms with Crippen LogP contribution in [0.3, 0.4) is 0 Å². The Kier molecular flexibility index (Phi) is 5.31. The van der Waals surface area contributed by atoms with Gasteiger partial charge in [0.1, 0.15) is 6.61 Å². The van der Waals surface area contributed by atoms with Gasteiger partial charge in [-0.1, -0.05) is 30.3 Å². The molecule has 0 aromatic heterocycles. The van der Waals surface area contributed by atoms with Gasteiger partial charge in [-0.25, -0.2) is 0 Å². The van der Waals surface area contributed by atoms with Crippen LogP contribution in [0.4, 0.5) is 0 Å². The highest BCUT2D eigenvalue weighted by Crippen LogP contribution is 2.12. The van der Waals surface area contributed by atoms with Gasteiger partial charge in [-0.15, -0.1) is 0 Å². The Morgan fingerprint density at radius 2 is 1.94 bits per heavy atom. The number of ether oxygens (including phenoxy) is 1. The topological polar surface area (TPSA) is 58.6 Å². The predicted molar refractivity (Wildman–Crippen MR) is 70.1 cm³/mol. The number of hydrogen-bond acceptors (Lipinski definition) is 3. The number of hydrogen-bond donors (Lipinski definition) is 2. The molecule has 0 bridgehead atoms. The molecule has 2 N–H and O–H groups in total. The predicted octanol–water partition coefficient (Wildman–Crippen LogP) is 1.65. The van der Waals surface area contributed by atoms with Gasteiger partial charge in [0.25, 0.3) is 0 Å². The van der Waals surface area contributed by atoms with Crippen molar-refractivity contribution < 1.29 is 14.6 Å². The van der Waals surface area contributed by atoms with Crippen LogP contribution < -0.4 is 5.32 Å². The van der Waals surface area contributed by atoms with Gasteiger partial charge in [0, 0.05) is 0 Å². The third-order valence-electron chi connectivity index (χ3n) is 2.36. The summed E-state index contributed by atoms with van der Waals surface area (Å²) in [6, 6.07) is 8.98. The van der Waals surface area contributed by atoms with Crippen molar-refractivity contribution >= 4 is 5.91 Å². The second kappa shape index (κ2) is 6.52. The lowest BCUT2D eigenvalue weighted by atomic mass is 10.1. The summed E-state index contributed by atoms with van der Waals surface area (Å²) in [4.78, 5) is 11.7. The Balaban J connectivity index is 2.51. The van der Waals surface area contributed by atoms with Crippen LogP contribution in [0.5, 0.6) is 0 Å². The minimum absolute atomic E-state index is 0.00711. The number of aliphatic hydroxyl groups excluding tert-OH is 1. The molecule has 0 radical (unpaired) electrons. The van der Waals surface area contributed by atoms with E-state index in [9.17, 15) is 9.90 Å². The molecule has 100 valence electrons. The van der Waals surface area contributed by atoms with Crippen LogP contribution in [0, 0.1) is 0 Å². The van der Waals surface area contributed by atoms with Gasteiger partial charge in [0.15, 0.2) is 0 Å². The number of amides is 1. The first-order valence-electron chi connectivity index (χ1n) is 6.01. The van der Waals surface area contributed by atoms with Gasteiger partial charge < -0.3 is 15.2 Å². The van der Waals surface area contributed by atoms with Gasteiger partial charge in [-0.05, 0) is 26.3 Å². The van der Waals surface area contributed by atoms with E-state index in [2.05, 4.69) is 5.32 Å². The van der Waals surface area contributed by atoms with Crippen molar-refractivity contribution in [1.82, 2.24) is 5.32 Å². The van der Waals surface area contributed by atoms with Crippen LogP contribution in [-0.4, -0.2) is 29.8 Å². The molecule has 4 heteroatoms. The summed E-state index contributed by atoms with van der Waals surface area (Å²) in [5.74, 6) is -0.229. The van der Waals surface area contributed by atoms with E-state index in [-0.39, 0.29) is 30.8 Å². The largest absolute Gasteiger partial charge is 0.394 e. The fourth-order valence-corrected chi connectivity index (χ4v) is 1.44. The Morgan fingerprint density at radius 1 is 1.33 bits per heavy atom. The van der Waals surface area contributed by atoms with Gasteiger partial charge >= 0.3 is 0 Å². The second-order valence-corrected chi connectivity index (χ2v) is 5.11. The van der Waals surface area contributed by atoms with E-state index in [0.29, 0.717) is 0 Å². The lowest BCUT2D eigenvalue weighted by Gasteiger charge is -2.21. The zero-order valence-electron chi connectivity index (χ0n) is 11.1. The zero-order chi connectivity index (χ0) is 13.6. The van der Waals surface area contributed by atoms with Crippen molar-refractivity contribution in [3.05, 3.63) is 35.9 Å². The summed E-state index contributed by atoms with van der Waals surface area (Å²) < 4.78 is 5.38. The minimum atomic E-state index is -0.387. The number of rotatable bonds is 5. The number of carbonyl (C=O) groups excluding carboxylic acids is 1. The van der Waals surface area contributed by atoms with Gasteiger partial charge in [0.2, 0.25) is 5.91 Å². The van der Waals surface area contributed by atoms with E-state index in [0.717, 1.165) is 5.56 Å². The van der Waals surface area contributed by atoms with Crippen molar-refractivity contribution in [2.24, 2.45) is 0 Å². The number of nitrogens with one attached hydrogen (secondary N) is 1. The third kappa shape index (κ3) is 5.29. The van der Waals surface area contributed by atoms with Crippen LogP contribution in [0.1, 0.15) is 32.4 Å². The molecule has 0 aliphatic rings. The molecular formula is C14H21NO3. The molecule has 18 heavy (non-hydrogen) atoms. The lowest BCUT2D eigenvalue weighted by Crippen LogP contribution is -2.36. The SMILES string of the molecule is CC(C)(C)OCC(=O)NC(CO)c1ccccc1. The normalized spacial score (nSPS) is 13.1. The van der Waals surface area contributed by atoms with Crippen LogP contribution >= 0.6 is 0 Å². The number of aliphatic hydroxyl groups is 1. The van der Waals surface area contributed by atoms with E-state index < -0.39 is 0 Å². The van der Waals surface area contributed by atoms with Gasteiger partial charge in [-0.3, -0.25) is 4.79 Å². The molecular weight excluding hydrogens is 230 g/mol. The van der Waals surface area contributed by atoms with Crippen molar-refractivity contribution in [1.29, 1.82) is 0 Å². The van der Waals surface area contributed by atoms with Crippen molar-refractivity contribution in [3.8, 4) is 0 Å². The standard InChI is InChI=1S/C14H21NO3/c1-14(2,3)18-10-13(17)15-12(9-16)11-7-5-4-6-8-11/h4-8,12,16H,9-10H2,1-3H3,(H,15,17).